The van der Waals surface area contributed by atoms with Crippen LogP contribution in [0.25, 0.3) is 0 Å². The van der Waals surface area contributed by atoms with Crippen LogP contribution in [-0.4, -0.2) is 57.7 Å². The summed E-state index contributed by atoms with van der Waals surface area (Å²) in [7, 11) is 0. The van der Waals surface area contributed by atoms with Crippen molar-refractivity contribution in [2.24, 2.45) is 0 Å². The summed E-state index contributed by atoms with van der Waals surface area (Å²) in [6, 6.07) is 7.51. The third-order valence-electron chi connectivity index (χ3n) is 4.36. The van der Waals surface area contributed by atoms with E-state index in [9.17, 15) is 20.4 Å². The second-order valence-corrected chi connectivity index (χ2v) is 6.23. The van der Waals surface area contributed by atoms with E-state index in [0.717, 1.165) is 24.8 Å². The first-order chi connectivity index (χ1) is 11.6. The molecular formula is C18H28O6. The summed E-state index contributed by atoms with van der Waals surface area (Å²) >= 11 is 0. The minimum Gasteiger partial charge on any atom is -0.462 e. The highest BCUT2D eigenvalue weighted by Crippen LogP contribution is 2.27. The highest BCUT2D eigenvalue weighted by molar-refractivity contribution is 5.33. The fraction of sp³-hybridized carbons (Fsp3) is 0.667. The first-order valence-corrected chi connectivity index (χ1v) is 8.63. The third kappa shape index (κ3) is 4.68. The minimum absolute atomic E-state index is 0.469. The van der Waals surface area contributed by atoms with Crippen LogP contribution in [0.3, 0.4) is 0 Å². The van der Waals surface area contributed by atoms with Crippen LogP contribution in [0, 0.1) is 0 Å². The van der Waals surface area contributed by atoms with Crippen molar-refractivity contribution in [1.82, 2.24) is 0 Å². The van der Waals surface area contributed by atoms with Gasteiger partial charge in [-0.2, -0.15) is 0 Å². The molecule has 1 heterocycles. The molecule has 0 radical (unpaired) electrons. The molecule has 0 spiro atoms. The summed E-state index contributed by atoms with van der Waals surface area (Å²) in [5, 5.41) is 39.0. The zero-order valence-corrected chi connectivity index (χ0v) is 14.0. The van der Waals surface area contributed by atoms with Crippen LogP contribution in [0.15, 0.2) is 24.3 Å². The largest absolute Gasteiger partial charge is 0.462 e. The topological polar surface area (TPSA) is 99.4 Å². The number of benzene rings is 1. The SMILES string of the molecule is CCCCCCc1ccccc1O[C@@H]1O[C@H](CO)[C@@H](O)[C@@H](O)[C@H]1O. The van der Waals surface area contributed by atoms with Crippen molar-refractivity contribution >= 4 is 0 Å². The number of hydrogen-bond donors (Lipinski definition) is 4. The fourth-order valence-corrected chi connectivity index (χ4v) is 2.86. The van der Waals surface area contributed by atoms with Gasteiger partial charge >= 0.3 is 0 Å². The first kappa shape index (κ1) is 19.1. The molecule has 0 aromatic heterocycles. The van der Waals surface area contributed by atoms with Gasteiger partial charge in [-0.3, -0.25) is 0 Å². The predicted molar refractivity (Wildman–Crippen MR) is 88.7 cm³/mol. The zero-order chi connectivity index (χ0) is 17.5. The van der Waals surface area contributed by atoms with Crippen molar-refractivity contribution in [2.75, 3.05) is 6.61 Å². The summed E-state index contributed by atoms with van der Waals surface area (Å²) < 4.78 is 11.2. The second kappa shape index (κ2) is 9.34. The van der Waals surface area contributed by atoms with Crippen LogP contribution < -0.4 is 4.74 Å². The molecule has 2 rings (SSSR count). The molecule has 6 heteroatoms. The molecule has 1 aliphatic rings. The third-order valence-corrected chi connectivity index (χ3v) is 4.36. The van der Waals surface area contributed by atoms with E-state index in [4.69, 9.17) is 9.47 Å². The van der Waals surface area contributed by atoms with Crippen molar-refractivity contribution < 1.29 is 29.9 Å². The van der Waals surface area contributed by atoms with E-state index in [1.54, 1.807) is 6.07 Å². The monoisotopic (exact) mass is 340 g/mol. The Morgan fingerprint density at radius 3 is 2.46 bits per heavy atom. The van der Waals surface area contributed by atoms with E-state index in [1.165, 1.54) is 12.8 Å². The number of aliphatic hydroxyl groups is 4. The molecule has 0 bridgehead atoms. The average molecular weight is 340 g/mol. The van der Waals surface area contributed by atoms with Crippen LogP contribution in [-0.2, 0) is 11.2 Å². The van der Waals surface area contributed by atoms with Gasteiger partial charge in [0.2, 0.25) is 6.29 Å². The van der Waals surface area contributed by atoms with Crippen LogP contribution in [0.1, 0.15) is 38.2 Å². The molecule has 1 fully saturated rings. The number of unbranched alkanes of at least 4 members (excludes halogenated alkanes) is 3. The van der Waals surface area contributed by atoms with E-state index < -0.39 is 37.3 Å². The minimum atomic E-state index is -1.43. The number of hydrogen-bond acceptors (Lipinski definition) is 6. The fourth-order valence-electron chi connectivity index (χ4n) is 2.86. The van der Waals surface area contributed by atoms with Crippen LogP contribution in [0.5, 0.6) is 5.75 Å². The molecule has 1 aliphatic heterocycles. The first-order valence-electron chi connectivity index (χ1n) is 8.63. The molecule has 1 aromatic rings. The molecule has 0 amide bonds. The molecule has 1 aromatic carbocycles. The number of para-hydroxylation sites is 1. The number of aliphatic hydroxyl groups excluding tert-OH is 4. The van der Waals surface area contributed by atoms with Gasteiger partial charge in [0.25, 0.3) is 0 Å². The van der Waals surface area contributed by atoms with E-state index in [0.29, 0.717) is 5.75 Å². The standard InChI is InChI=1S/C18H28O6/c1-2-3-4-5-8-12-9-6-7-10-13(12)23-18-17(22)16(21)15(20)14(11-19)24-18/h6-7,9-10,14-22H,2-5,8,11H2,1H3/t14-,15-,16-,17-,18-/m1/s1. The molecule has 0 saturated carbocycles. The van der Waals surface area contributed by atoms with Gasteiger partial charge < -0.3 is 29.9 Å². The summed E-state index contributed by atoms with van der Waals surface area (Å²) in [5.41, 5.74) is 1.01. The van der Waals surface area contributed by atoms with Crippen molar-refractivity contribution in [3.8, 4) is 5.75 Å². The van der Waals surface area contributed by atoms with Gasteiger partial charge in [0, 0.05) is 0 Å². The Balaban J connectivity index is 2.04. The average Bonchev–Trinajstić information content (AvgIpc) is 2.60. The van der Waals surface area contributed by atoms with Gasteiger partial charge in [-0.1, -0.05) is 44.4 Å². The van der Waals surface area contributed by atoms with Gasteiger partial charge in [-0.25, -0.2) is 0 Å². The lowest BCUT2D eigenvalue weighted by Crippen LogP contribution is -2.60. The lowest BCUT2D eigenvalue weighted by molar-refractivity contribution is -0.277. The molecule has 4 N–H and O–H groups in total. The van der Waals surface area contributed by atoms with Gasteiger partial charge in [0.1, 0.15) is 30.2 Å². The molecule has 6 nitrogen and oxygen atoms in total. The maximum Gasteiger partial charge on any atom is 0.229 e. The van der Waals surface area contributed by atoms with Crippen molar-refractivity contribution in [1.29, 1.82) is 0 Å². The normalized spacial score (nSPS) is 30.3. The molecular weight excluding hydrogens is 312 g/mol. The Labute approximate surface area is 142 Å². The van der Waals surface area contributed by atoms with Crippen molar-refractivity contribution in [3.05, 3.63) is 29.8 Å². The molecule has 0 aliphatic carbocycles. The van der Waals surface area contributed by atoms with Crippen LogP contribution in [0.2, 0.25) is 0 Å². The maximum absolute atomic E-state index is 10.1. The Bertz CT molecular complexity index is 492. The van der Waals surface area contributed by atoms with Gasteiger partial charge in [-0.05, 0) is 24.5 Å². The predicted octanol–water partition coefficient (Wildman–Crippen LogP) is 0.988. The smallest absolute Gasteiger partial charge is 0.229 e. The van der Waals surface area contributed by atoms with Gasteiger partial charge in [0.15, 0.2) is 0 Å². The summed E-state index contributed by atoms with van der Waals surface area (Å²) in [6.07, 6.45) is -0.912. The Morgan fingerprint density at radius 1 is 1.00 bits per heavy atom. The van der Waals surface area contributed by atoms with Crippen LogP contribution in [0.4, 0.5) is 0 Å². The van der Waals surface area contributed by atoms with E-state index in [2.05, 4.69) is 6.92 Å². The highest BCUT2D eigenvalue weighted by atomic mass is 16.7. The molecule has 1 saturated heterocycles. The summed E-state index contributed by atoms with van der Waals surface area (Å²) in [4.78, 5) is 0. The lowest BCUT2D eigenvalue weighted by atomic mass is 9.99. The molecule has 5 atom stereocenters. The Morgan fingerprint density at radius 2 is 1.75 bits per heavy atom. The van der Waals surface area contributed by atoms with Crippen LogP contribution >= 0.6 is 0 Å². The molecule has 0 unspecified atom stereocenters. The molecule has 136 valence electrons. The Hall–Kier alpha value is -1.18. The number of aryl methyl sites for hydroxylation is 1. The van der Waals surface area contributed by atoms with E-state index in [1.807, 2.05) is 18.2 Å². The van der Waals surface area contributed by atoms with Crippen molar-refractivity contribution in [2.45, 2.75) is 69.7 Å². The maximum atomic E-state index is 10.1. The van der Waals surface area contributed by atoms with Gasteiger partial charge in [-0.15, -0.1) is 0 Å². The van der Waals surface area contributed by atoms with Crippen molar-refractivity contribution in [3.63, 3.8) is 0 Å². The quantitative estimate of drug-likeness (QED) is 0.527. The van der Waals surface area contributed by atoms with E-state index in [-0.39, 0.29) is 0 Å². The highest BCUT2D eigenvalue weighted by Gasteiger charge is 2.44. The Kier molecular flexibility index (Phi) is 7.45. The molecule has 24 heavy (non-hydrogen) atoms. The number of ether oxygens (including phenoxy) is 2. The number of rotatable bonds is 8. The second-order valence-electron chi connectivity index (χ2n) is 6.23. The zero-order valence-electron chi connectivity index (χ0n) is 14.0. The van der Waals surface area contributed by atoms with Gasteiger partial charge in [0.05, 0.1) is 6.61 Å². The summed E-state index contributed by atoms with van der Waals surface area (Å²) in [6.45, 7) is 1.69. The lowest BCUT2D eigenvalue weighted by Gasteiger charge is -2.39. The summed E-state index contributed by atoms with van der Waals surface area (Å²) in [5.74, 6) is 0.582. The van der Waals surface area contributed by atoms with E-state index >= 15 is 0 Å².